The second-order valence-corrected chi connectivity index (χ2v) is 5.10. The summed E-state index contributed by atoms with van der Waals surface area (Å²) in [6.45, 7) is 6.27. The molecule has 0 aliphatic heterocycles. The predicted molar refractivity (Wildman–Crippen MR) is 89.7 cm³/mol. The van der Waals surface area contributed by atoms with Crippen molar-refractivity contribution in [3.8, 4) is 0 Å². The monoisotopic (exact) mass is 272 g/mol. The Bertz CT molecular complexity index is 379. The van der Waals surface area contributed by atoms with Gasteiger partial charge in [0.05, 0.1) is 0 Å². The minimum atomic E-state index is 0.220. The van der Waals surface area contributed by atoms with Crippen molar-refractivity contribution in [2.75, 3.05) is 0 Å². The van der Waals surface area contributed by atoms with E-state index < -0.39 is 0 Å². The van der Waals surface area contributed by atoms with E-state index in [0.717, 1.165) is 19.3 Å². The zero-order valence-corrected chi connectivity index (χ0v) is 13.1. The largest absolute Gasteiger partial charge is 0.295 e. The van der Waals surface area contributed by atoms with Gasteiger partial charge in [0.25, 0.3) is 0 Å². The van der Waals surface area contributed by atoms with E-state index in [2.05, 4.69) is 32.1 Å². The van der Waals surface area contributed by atoms with Crippen LogP contribution in [0.15, 0.2) is 60.8 Å². The molecule has 0 atom stereocenters. The summed E-state index contributed by atoms with van der Waals surface area (Å²) in [7, 11) is 0. The van der Waals surface area contributed by atoms with E-state index in [0.29, 0.717) is 12.3 Å². The highest BCUT2D eigenvalue weighted by atomic mass is 16.1. The van der Waals surface area contributed by atoms with Gasteiger partial charge in [0.2, 0.25) is 0 Å². The van der Waals surface area contributed by atoms with Crippen LogP contribution in [-0.2, 0) is 4.79 Å². The van der Waals surface area contributed by atoms with Crippen LogP contribution in [0, 0.1) is 5.92 Å². The lowest BCUT2D eigenvalue weighted by atomic mass is 10.1. The fourth-order valence-corrected chi connectivity index (χ4v) is 1.46. The number of ketones is 1. The number of rotatable bonds is 10. The van der Waals surface area contributed by atoms with Crippen LogP contribution in [0.5, 0.6) is 0 Å². The fourth-order valence-electron chi connectivity index (χ4n) is 1.46. The van der Waals surface area contributed by atoms with E-state index >= 15 is 0 Å². The average Bonchev–Trinajstić information content (AvgIpc) is 2.42. The molecule has 0 aromatic heterocycles. The number of carbonyl (C=O) groups is 1. The SMILES string of the molecule is C/C=C/C=C/C=C/CC/C=C/C=C/C(=O)CCC(C)C. The molecular weight excluding hydrogens is 244 g/mol. The van der Waals surface area contributed by atoms with Gasteiger partial charge in [-0.2, -0.15) is 0 Å². The van der Waals surface area contributed by atoms with Crippen LogP contribution in [0.25, 0.3) is 0 Å². The van der Waals surface area contributed by atoms with Gasteiger partial charge in [0.15, 0.2) is 5.78 Å². The maximum atomic E-state index is 11.5. The lowest BCUT2D eigenvalue weighted by Crippen LogP contribution is -1.95. The van der Waals surface area contributed by atoms with Gasteiger partial charge in [-0.25, -0.2) is 0 Å². The van der Waals surface area contributed by atoms with Crippen molar-refractivity contribution in [3.63, 3.8) is 0 Å². The highest BCUT2D eigenvalue weighted by Gasteiger charge is 1.98. The van der Waals surface area contributed by atoms with Gasteiger partial charge >= 0.3 is 0 Å². The number of hydrogen-bond donors (Lipinski definition) is 0. The van der Waals surface area contributed by atoms with Gasteiger partial charge < -0.3 is 0 Å². The molecule has 0 saturated carbocycles. The molecule has 0 fully saturated rings. The summed E-state index contributed by atoms with van der Waals surface area (Å²) >= 11 is 0. The first-order valence-corrected chi connectivity index (χ1v) is 7.47. The summed E-state index contributed by atoms with van der Waals surface area (Å²) in [6, 6.07) is 0. The van der Waals surface area contributed by atoms with Crippen LogP contribution >= 0.6 is 0 Å². The quantitative estimate of drug-likeness (QED) is 0.288. The lowest BCUT2D eigenvalue weighted by Gasteiger charge is -1.99. The molecule has 0 aliphatic carbocycles. The van der Waals surface area contributed by atoms with Gasteiger partial charge in [-0.1, -0.05) is 68.5 Å². The highest BCUT2D eigenvalue weighted by molar-refractivity contribution is 5.89. The molecule has 0 bridgehead atoms. The second-order valence-electron chi connectivity index (χ2n) is 5.10. The van der Waals surface area contributed by atoms with E-state index in [4.69, 9.17) is 0 Å². The van der Waals surface area contributed by atoms with Crippen LogP contribution in [0.3, 0.4) is 0 Å². The first-order chi connectivity index (χ1) is 9.66. The van der Waals surface area contributed by atoms with Gasteiger partial charge in [-0.15, -0.1) is 0 Å². The normalized spacial score (nSPS) is 13.2. The first kappa shape index (κ1) is 18.4. The molecule has 0 unspecified atom stereocenters. The molecule has 0 heterocycles. The fraction of sp³-hybridized carbons (Fsp3) is 0.421. The van der Waals surface area contributed by atoms with Gasteiger partial charge in [0, 0.05) is 6.42 Å². The molecule has 1 nitrogen and oxygen atoms in total. The van der Waals surface area contributed by atoms with Crippen LogP contribution < -0.4 is 0 Å². The predicted octanol–water partition coefficient (Wildman–Crippen LogP) is 5.57. The van der Waals surface area contributed by atoms with Crippen molar-refractivity contribution in [1.82, 2.24) is 0 Å². The van der Waals surface area contributed by atoms with Crippen LogP contribution in [0.4, 0.5) is 0 Å². The molecule has 20 heavy (non-hydrogen) atoms. The number of unbranched alkanes of at least 4 members (excludes halogenated alkanes) is 1. The van der Waals surface area contributed by atoms with Gasteiger partial charge in [-0.3, -0.25) is 4.79 Å². The Morgan fingerprint density at radius 1 is 0.900 bits per heavy atom. The van der Waals surface area contributed by atoms with Crippen LogP contribution in [0.1, 0.15) is 46.5 Å². The standard InChI is InChI=1S/C19H28O/c1-4-5-6-7-8-9-10-11-12-13-14-15-19(20)17-16-18(2)3/h4-9,12-15,18H,10-11,16-17H2,1-3H3/b5-4+,7-6+,9-8+,13-12+,15-14+. The number of allylic oxidation sites excluding steroid dienone is 10. The molecular formula is C19H28O. The summed E-state index contributed by atoms with van der Waals surface area (Å²) in [5.41, 5.74) is 0. The first-order valence-electron chi connectivity index (χ1n) is 7.47. The van der Waals surface area contributed by atoms with Crippen molar-refractivity contribution >= 4 is 5.78 Å². The molecule has 0 amide bonds. The Labute approximate surface area is 124 Å². The van der Waals surface area contributed by atoms with Gasteiger partial charge in [-0.05, 0) is 38.2 Å². The summed E-state index contributed by atoms with van der Waals surface area (Å²) in [5, 5.41) is 0. The molecule has 110 valence electrons. The van der Waals surface area contributed by atoms with Crippen molar-refractivity contribution < 1.29 is 4.79 Å². The summed E-state index contributed by atoms with van der Waals surface area (Å²) < 4.78 is 0. The minimum absolute atomic E-state index is 0.220. The smallest absolute Gasteiger partial charge is 0.155 e. The Balaban J connectivity index is 3.68. The third-order valence-corrected chi connectivity index (χ3v) is 2.66. The molecule has 0 spiro atoms. The number of hydrogen-bond acceptors (Lipinski definition) is 1. The maximum absolute atomic E-state index is 11.5. The minimum Gasteiger partial charge on any atom is -0.295 e. The molecule has 0 radical (unpaired) electrons. The van der Waals surface area contributed by atoms with E-state index in [1.165, 1.54) is 0 Å². The number of carbonyl (C=O) groups excluding carboxylic acids is 1. The molecule has 0 N–H and O–H groups in total. The Morgan fingerprint density at radius 3 is 2.10 bits per heavy atom. The van der Waals surface area contributed by atoms with Crippen molar-refractivity contribution in [3.05, 3.63) is 60.8 Å². The molecule has 1 heteroatoms. The maximum Gasteiger partial charge on any atom is 0.155 e. The molecule has 0 aromatic rings. The second kappa shape index (κ2) is 13.8. The zero-order valence-electron chi connectivity index (χ0n) is 13.1. The Kier molecular flexibility index (Phi) is 12.7. The topological polar surface area (TPSA) is 17.1 Å². The van der Waals surface area contributed by atoms with Crippen LogP contribution in [-0.4, -0.2) is 5.78 Å². The third-order valence-electron chi connectivity index (χ3n) is 2.66. The van der Waals surface area contributed by atoms with E-state index in [1.807, 2.05) is 43.4 Å². The molecule has 0 aliphatic rings. The van der Waals surface area contributed by atoms with E-state index in [1.54, 1.807) is 6.08 Å². The summed E-state index contributed by atoms with van der Waals surface area (Å²) in [6.07, 6.45) is 23.4. The van der Waals surface area contributed by atoms with Crippen molar-refractivity contribution in [2.45, 2.75) is 46.5 Å². The zero-order chi connectivity index (χ0) is 15.1. The van der Waals surface area contributed by atoms with Crippen molar-refractivity contribution in [1.29, 1.82) is 0 Å². The average molecular weight is 272 g/mol. The Hall–Kier alpha value is -1.63. The third kappa shape index (κ3) is 14.4. The van der Waals surface area contributed by atoms with Gasteiger partial charge in [0.1, 0.15) is 0 Å². The highest BCUT2D eigenvalue weighted by Crippen LogP contribution is 2.04. The van der Waals surface area contributed by atoms with Crippen molar-refractivity contribution in [2.24, 2.45) is 5.92 Å². The lowest BCUT2D eigenvalue weighted by molar-refractivity contribution is -0.114. The molecule has 0 saturated heterocycles. The molecule has 0 rings (SSSR count). The van der Waals surface area contributed by atoms with E-state index in [-0.39, 0.29) is 5.78 Å². The Morgan fingerprint density at radius 2 is 1.50 bits per heavy atom. The summed E-state index contributed by atoms with van der Waals surface area (Å²) in [5.74, 6) is 0.814. The van der Waals surface area contributed by atoms with E-state index in [9.17, 15) is 4.79 Å². The summed E-state index contributed by atoms with van der Waals surface area (Å²) in [4.78, 5) is 11.5. The van der Waals surface area contributed by atoms with Crippen LogP contribution in [0.2, 0.25) is 0 Å². The molecule has 0 aromatic carbocycles.